The maximum atomic E-state index is 12.8. The highest BCUT2D eigenvalue weighted by atomic mass is 16.2. The number of piperidine rings is 2. The summed E-state index contributed by atoms with van der Waals surface area (Å²) >= 11 is 0. The number of fused-ring (bicyclic) bond motifs is 2. The van der Waals surface area contributed by atoms with Crippen molar-refractivity contribution in [1.29, 1.82) is 0 Å². The highest BCUT2D eigenvalue weighted by Crippen LogP contribution is 2.47. The first-order valence-electron chi connectivity index (χ1n) is 8.49. The molecule has 2 aliphatic rings. The number of nitrogens with zero attached hydrogens (tertiary/aromatic N) is 2. The van der Waals surface area contributed by atoms with Crippen molar-refractivity contribution in [2.45, 2.75) is 53.4 Å². The van der Waals surface area contributed by atoms with Crippen molar-refractivity contribution in [2.24, 2.45) is 17.3 Å². The van der Waals surface area contributed by atoms with Crippen molar-refractivity contribution >= 4 is 23.6 Å². The molecule has 2 heterocycles. The minimum absolute atomic E-state index is 0.284. The van der Waals surface area contributed by atoms with E-state index in [0.29, 0.717) is 12.8 Å². The Kier molecular flexibility index (Phi) is 4.92. The molecule has 6 heteroatoms. The van der Waals surface area contributed by atoms with Gasteiger partial charge in [0.2, 0.25) is 23.6 Å². The quantitative estimate of drug-likeness (QED) is 0.550. The number of unbranched alkanes of at least 4 members (excludes halogenated alkanes) is 2. The van der Waals surface area contributed by atoms with Crippen LogP contribution in [0.5, 0.6) is 0 Å². The van der Waals surface area contributed by atoms with Gasteiger partial charge in [-0.25, -0.2) is 0 Å². The maximum Gasteiger partial charge on any atom is 0.242 e. The second-order valence-electron chi connectivity index (χ2n) is 7.05. The smallest absolute Gasteiger partial charge is 0.242 e. The Morgan fingerprint density at radius 3 is 1.30 bits per heavy atom. The molecule has 23 heavy (non-hydrogen) atoms. The van der Waals surface area contributed by atoms with Gasteiger partial charge in [0.15, 0.2) is 0 Å². The van der Waals surface area contributed by atoms with E-state index >= 15 is 0 Å². The van der Waals surface area contributed by atoms with Crippen LogP contribution in [0.15, 0.2) is 0 Å². The van der Waals surface area contributed by atoms with Crippen LogP contribution in [-0.2, 0) is 19.2 Å². The summed E-state index contributed by atoms with van der Waals surface area (Å²) in [6.07, 6.45) is 3.03. The van der Waals surface area contributed by atoms with Crippen LogP contribution < -0.4 is 0 Å². The summed E-state index contributed by atoms with van der Waals surface area (Å²) in [6.45, 7) is 7.86. The number of rotatable bonds is 6. The van der Waals surface area contributed by atoms with E-state index in [-0.39, 0.29) is 13.1 Å². The summed E-state index contributed by atoms with van der Waals surface area (Å²) < 4.78 is 0. The van der Waals surface area contributed by atoms with Gasteiger partial charge in [0.1, 0.15) is 11.8 Å². The molecule has 0 spiro atoms. The first kappa shape index (κ1) is 17.6. The highest BCUT2D eigenvalue weighted by molar-refractivity contribution is 6.22. The summed E-state index contributed by atoms with van der Waals surface area (Å²) in [5, 5.41) is 0. The van der Waals surface area contributed by atoms with Gasteiger partial charge in [-0.2, -0.15) is 0 Å². The zero-order valence-corrected chi connectivity index (χ0v) is 14.4. The molecule has 6 nitrogen and oxygen atoms in total. The standard InChI is InChI=1S/C17H26N2O4/c1-5-7-9-18-13(20)11-15(22)19(10-8-6-2)16(23)12(14(18)21)17(11,3)4/h11-12H,5-10H2,1-4H3. The third-order valence-electron chi connectivity index (χ3n) is 5.01. The number of hydrogen-bond donors (Lipinski definition) is 0. The molecule has 2 rings (SSSR count). The first-order valence-corrected chi connectivity index (χ1v) is 8.49. The normalized spacial score (nSPS) is 27.0. The monoisotopic (exact) mass is 322 g/mol. The SMILES string of the molecule is CCCCN1C(=O)C2C(=O)N(CCCC)C(=O)C(C1=O)C2(C)C. The van der Waals surface area contributed by atoms with E-state index in [9.17, 15) is 19.2 Å². The van der Waals surface area contributed by atoms with Crippen LogP contribution in [0.4, 0.5) is 0 Å². The van der Waals surface area contributed by atoms with E-state index in [0.717, 1.165) is 22.6 Å². The lowest BCUT2D eigenvalue weighted by Crippen LogP contribution is -2.70. The van der Waals surface area contributed by atoms with Gasteiger partial charge in [-0.3, -0.25) is 29.0 Å². The van der Waals surface area contributed by atoms with E-state index in [1.165, 1.54) is 0 Å². The largest absolute Gasteiger partial charge is 0.281 e. The Balaban J connectivity index is 2.40. The van der Waals surface area contributed by atoms with Crippen LogP contribution in [-0.4, -0.2) is 46.5 Å². The Labute approximate surface area is 137 Å². The van der Waals surface area contributed by atoms with E-state index in [2.05, 4.69) is 0 Å². The van der Waals surface area contributed by atoms with Gasteiger partial charge in [-0.15, -0.1) is 0 Å². The molecule has 0 radical (unpaired) electrons. The molecular formula is C17H26N2O4. The molecule has 0 aliphatic carbocycles. The molecule has 0 atom stereocenters. The first-order chi connectivity index (χ1) is 10.8. The molecule has 0 N–H and O–H groups in total. The molecule has 0 saturated carbocycles. The average molecular weight is 322 g/mol. The number of hydrogen-bond acceptors (Lipinski definition) is 4. The van der Waals surface area contributed by atoms with Gasteiger partial charge in [0, 0.05) is 18.5 Å². The Morgan fingerprint density at radius 2 is 1.04 bits per heavy atom. The summed E-state index contributed by atoms with van der Waals surface area (Å²) in [4.78, 5) is 53.3. The number of likely N-dealkylation sites (tertiary alicyclic amines) is 2. The number of amides is 4. The van der Waals surface area contributed by atoms with Gasteiger partial charge in [-0.05, 0) is 12.8 Å². The highest BCUT2D eigenvalue weighted by Gasteiger charge is 2.64. The van der Waals surface area contributed by atoms with Crippen LogP contribution in [0, 0.1) is 17.3 Å². The van der Waals surface area contributed by atoms with Crippen LogP contribution >= 0.6 is 0 Å². The second-order valence-corrected chi connectivity index (χ2v) is 7.05. The molecule has 0 aromatic rings. The Hall–Kier alpha value is -1.72. The summed E-state index contributed by atoms with van der Waals surface area (Å²) in [5.41, 5.74) is -0.951. The molecule has 0 unspecified atom stereocenters. The fourth-order valence-corrected chi connectivity index (χ4v) is 3.56. The number of carbonyl (C=O) groups is 4. The number of carbonyl (C=O) groups excluding carboxylic acids is 4. The fraction of sp³-hybridized carbons (Fsp3) is 0.765. The van der Waals surface area contributed by atoms with Gasteiger partial charge < -0.3 is 0 Å². The molecule has 2 saturated heterocycles. The molecule has 2 aliphatic heterocycles. The molecule has 2 fully saturated rings. The van der Waals surface area contributed by atoms with Gasteiger partial charge in [0.05, 0.1) is 0 Å². The van der Waals surface area contributed by atoms with Crippen LogP contribution in [0.3, 0.4) is 0 Å². The lowest BCUT2D eigenvalue weighted by atomic mass is 9.62. The van der Waals surface area contributed by atoms with Crippen LogP contribution in [0.25, 0.3) is 0 Å². The average Bonchev–Trinajstić information content (AvgIpc) is 2.45. The fourth-order valence-electron chi connectivity index (χ4n) is 3.56. The van der Waals surface area contributed by atoms with Crippen molar-refractivity contribution in [3.05, 3.63) is 0 Å². The number of imide groups is 2. The molecular weight excluding hydrogens is 296 g/mol. The second kappa shape index (κ2) is 6.42. The predicted octanol–water partition coefficient (Wildman–Crippen LogP) is 1.58. The third-order valence-corrected chi connectivity index (χ3v) is 5.01. The summed E-state index contributed by atoms with van der Waals surface area (Å²) in [7, 11) is 0. The van der Waals surface area contributed by atoms with Crippen molar-refractivity contribution in [2.75, 3.05) is 13.1 Å². The Bertz CT molecular complexity index is 463. The molecule has 2 bridgehead atoms. The zero-order chi connectivity index (χ0) is 17.4. The van der Waals surface area contributed by atoms with E-state index in [1.807, 2.05) is 13.8 Å². The maximum absolute atomic E-state index is 12.8. The van der Waals surface area contributed by atoms with E-state index in [1.54, 1.807) is 13.8 Å². The van der Waals surface area contributed by atoms with Gasteiger partial charge in [0.25, 0.3) is 0 Å². The summed E-state index contributed by atoms with van der Waals surface area (Å²) in [6, 6.07) is 0. The predicted molar refractivity (Wildman–Crippen MR) is 84.0 cm³/mol. The zero-order valence-electron chi connectivity index (χ0n) is 14.4. The minimum Gasteiger partial charge on any atom is -0.281 e. The lowest BCUT2D eigenvalue weighted by Gasteiger charge is -2.51. The third kappa shape index (κ3) is 2.68. The van der Waals surface area contributed by atoms with Crippen LogP contribution in [0.2, 0.25) is 0 Å². The topological polar surface area (TPSA) is 74.8 Å². The van der Waals surface area contributed by atoms with Crippen LogP contribution in [0.1, 0.15) is 53.4 Å². The van der Waals surface area contributed by atoms with E-state index in [4.69, 9.17) is 0 Å². The lowest BCUT2D eigenvalue weighted by molar-refractivity contribution is -0.184. The van der Waals surface area contributed by atoms with Crippen molar-refractivity contribution in [3.8, 4) is 0 Å². The minimum atomic E-state index is -0.951. The molecule has 128 valence electrons. The van der Waals surface area contributed by atoms with Crippen molar-refractivity contribution in [1.82, 2.24) is 9.80 Å². The van der Waals surface area contributed by atoms with Crippen molar-refractivity contribution in [3.63, 3.8) is 0 Å². The molecule has 4 amide bonds. The van der Waals surface area contributed by atoms with Gasteiger partial charge >= 0.3 is 0 Å². The van der Waals surface area contributed by atoms with Gasteiger partial charge in [-0.1, -0.05) is 40.5 Å². The molecule has 0 aromatic heterocycles. The summed E-state index contributed by atoms with van der Waals surface area (Å²) in [5.74, 6) is -3.63. The Morgan fingerprint density at radius 1 is 0.739 bits per heavy atom. The van der Waals surface area contributed by atoms with Crippen molar-refractivity contribution < 1.29 is 19.2 Å². The van der Waals surface area contributed by atoms with E-state index < -0.39 is 40.9 Å². The molecule has 0 aromatic carbocycles.